The van der Waals surface area contributed by atoms with Crippen molar-refractivity contribution >= 4 is 39.8 Å². The first kappa shape index (κ1) is 19.1. The molecule has 0 atom stereocenters. The number of nitrogens with zero attached hydrogens (tertiary/aromatic N) is 2. The number of thiophene rings is 1. The van der Waals surface area contributed by atoms with E-state index in [9.17, 15) is 9.59 Å². The lowest BCUT2D eigenvalue weighted by atomic mass is 10.1. The van der Waals surface area contributed by atoms with Crippen molar-refractivity contribution in [2.24, 2.45) is 0 Å². The summed E-state index contributed by atoms with van der Waals surface area (Å²) in [6.07, 6.45) is 0.686. The molecule has 2 aromatic carbocycles. The molecule has 0 bridgehead atoms. The lowest BCUT2D eigenvalue weighted by molar-refractivity contribution is 0.108. The lowest BCUT2D eigenvalue weighted by Crippen LogP contribution is -2.15. The summed E-state index contributed by atoms with van der Waals surface area (Å²) in [5.74, 6) is 1.10. The first-order valence-electron chi connectivity index (χ1n) is 9.05. The number of nitrogens with one attached hydrogen (secondary N) is 1. The monoisotopic (exact) mass is 457 g/mol. The number of H-pyrrole nitrogens is 1. The molecule has 0 unspecified atom stereocenters. The van der Waals surface area contributed by atoms with E-state index in [0.29, 0.717) is 40.9 Å². The minimum Gasteiger partial charge on any atom is -0.493 e. The van der Waals surface area contributed by atoms with Crippen molar-refractivity contribution in [1.82, 2.24) is 14.8 Å². The summed E-state index contributed by atoms with van der Waals surface area (Å²) in [5.41, 5.74) is 2.54. The quantitative estimate of drug-likeness (QED) is 0.442. The van der Waals surface area contributed by atoms with Gasteiger partial charge in [-0.05, 0) is 53.6 Å². The molecule has 2 aromatic heterocycles. The van der Waals surface area contributed by atoms with Gasteiger partial charge in [-0.1, -0.05) is 23.7 Å². The Kier molecular flexibility index (Phi) is 4.73. The molecule has 4 aromatic rings. The number of hydrogen-bond donors (Lipinski definition) is 1. The molecule has 1 N–H and O–H groups in total. The Labute approximate surface area is 184 Å². The van der Waals surface area contributed by atoms with Crippen molar-refractivity contribution in [3.05, 3.63) is 75.2 Å². The Hall–Kier alpha value is -2.87. The molecule has 3 heterocycles. The highest BCUT2D eigenvalue weighted by molar-refractivity contribution is 7.19. The number of hydrogen-bond acceptors (Lipinski definition) is 5. The zero-order chi connectivity index (χ0) is 20.8. The van der Waals surface area contributed by atoms with E-state index in [1.807, 2.05) is 18.2 Å². The van der Waals surface area contributed by atoms with E-state index in [2.05, 4.69) is 10.2 Å². The van der Waals surface area contributed by atoms with E-state index in [-0.39, 0.29) is 5.69 Å². The summed E-state index contributed by atoms with van der Waals surface area (Å²) in [6.45, 7) is 0.466. The van der Waals surface area contributed by atoms with Crippen LogP contribution in [-0.4, -0.2) is 26.6 Å². The van der Waals surface area contributed by atoms with Crippen molar-refractivity contribution in [1.29, 1.82) is 0 Å². The molecular weight excluding hydrogens is 445 g/mol. The highest BCUT2D eigenvalue weighted by atomic mass is 35.5. The average molecular weight is 458 g/mol. The van der Waals surface area contributed by atoms with Gasteiger partial charge in [0.2, 0.25) is 0 Å². The van der Waals surface area contributed by atoms with Crippen molar-refractivity contribution in [2.75, 3.05) is 6.61 Å². The molecule has 150 valence electrons. The zero-order valence-corrected chi connectivity index (χ0v) is 17.6. The first-order chi connectivity index (χ1) is 14.5. The van der Waals surface area contributed by atoms with E-state index < -0.39 is 5.24 Å². The fourth-order valence-corrected chi connectivity index (χ4v) is 5.05. The third-order valence-corrected chi connectivity index (χ3v) is 6.62. The summed E-state index contributed by atoms with van der Waals surface area (Å²) in [4.78, 5) is 25.8. The minimum atomic E-state index is -0.530. The molecule has 0 aliphatic carbocycles. The molecule has 1 aliphatic heterocycles. The molecule has 0 spiro atoms. The van der Waals surface area contributed by atoms with Gasteiger partial charge in [-0.3, -0.25) is 4.79 Å². The van der Waals surface area contributed by atoms with Crippen LogP contribution in [0.25, 0.3) is 26.8 Å². The van der Waals surface area contributed by atoms with Gasteiger partial charge in [-0.2, -0.15) is 5.10 Å². The van der Waals surface area contributed by atoms with Crippen molar-refractivity contribution < 1.29 is 9.53 Å². The van der Waals surface area contributed by atoms with E-state index in [1.165, 1.54) is 15.9 Å². The second-order valence-corrected chi connectivity index (χ2v) is 8.49. The second kappa shape index (κ2) is 7.43. The first-order valence-corrected chi connectivity index (χ1v) is 10.6. The predicted octanol–water partition coefficient (Wildman–Crippen LogP) is 4.92. The zero-order valence-electron chi connectivity index (χ0n) is 15.3. The van der Waals surface area contributed by atoms with Gasteiger partial charge in [0.25, 0.3) is 5.24 Å². The Morgan fingerprint density at radius 2 is 2.03 bits per heavy atom. The number of benzene rings is 2. The van der Waals surface area contributed by atoms with Crippen LogP contribution >= 0.6 is 34.5 Å². The molecule has 30 heavy (non-hydrogen) atoms. The van der Waals surface area contributed by atoms with E-state index >= 15 is 0 Å². The fraction of sp³-hybridized carbons (Fsp3) is 0.0952. The maximum absolute atomic E-state index is 12.5. The molecule has 0 saturated carbocycles. The van der Waals surface area contributed by atoms with Crippen molar-refractivity contribution in [3.63, 3.8) is 0 Å². The van der Waals surface area contributed by atoms with Crippen LogP contribution in [-0.2, 0) is 6.42 Å². The van der Waals surface area contributed by atoms with Gasteiger partial charge in [0, 0.05) is 22.4 Å². The molecular formula is C21H13Cl2N3O3S. The molecule has 0 saturated heterocycles. The van der Waals surface area contributed by atoms with Crippen LogP contribution in [0.1, 0.15) is 15.9 Å². The molecule has 0 fully saturated rings. The summed E-state index contributed by atoms with van der Waals surface area (Å²) >= 11 is 13.4. The average Bonchev–Trinajstić information content (AvgIpc) is 3.27. The highest BCUT2D eigenvalue weighted by Gasteiger charge is 2.23. The third-order valence-electron chi connectivity index (χ3n) is 4.88. The van der Waals surface area contributed by atoms with Crippen LogP contribution in [0.4, 0.5) is 0 Å². The van der Waals surface area contributed by atoms with E-state index in [4.69, 9.17) is 27.9 Å². The Balaban J connectivity index is 1.66. The number of fused-ring (bicyclic) bond motifs is 3. The van der Waals surface area contributed by atoms with Crippen LogP contribution in [0.5, 0.6) is 5.75 Å². The standard InChI is InChI=1S/C21H13Cl2N3O3S/c22-14-3-1-2-4-15(14)26-20(24-25-21(26)28)17-10-11-7-8-29-16-9-12(19(23)27)5-6-13(16)18(11)30-17/h1-6,9-10H,7-8H2,(H,25,28). The lowest BCUT2D eigenvalue weighted by Gasteiger charge is -2.08. The summed E-state index contributed by atoms with van der Waals surface area (Å²) < 4.78 is 7.31. The molecule has 0 amide bonds. The van der Waals surface area contributed by atoms with Gasteiger partial charge < -0.3 is 4.74 Å². The Bertz CT molecular complexity index is 1360. The fourth-order valence-electron chi connectivity index (χ4n) is 3.49. The van der Waals surface area contributed by atoms with Gasteiger partial charge in [-0.25, -0.2) is 14.5 Å². The molecule has 5 rings (SSSR count). The molecule has 9 heteroatoms. The van der Waals surface area contributed by atoms with Crippen LogP contribution in [0.15, 0.2) is 53.3 Å². The Morgan fingerprint density at radius 3 is 2.83 bits per heavy atom. The summed E-state index contributed by atoms with van der Waals surface area (Å²) in [6, 6.07) is 14.3. The van der Waals surface area contributed by atoms with Crippen LogP contribution in [0.3, 0.4) is 0 Å². The Morgan fingerprint density at radius 1 is 1.20 bits per heavy atom. The van der Waals surface area contributed by atoms with E-state index in [1.54, 1.807) is 30.3 Å². The molecule has 1 aliphatic rings. The van der Waals surface area contributed by atoms with Gasteiger partial charge in [-0.15, -0.1) is 11.3 Å². The molecule has 6 nitrogen and oxygen atoms in total. The number of para-hydroxylation sites is 1. The van der Waals surface area contributed by atoms with Gasteiger partial charge in [0.05, 0.1) is 22.2 Å². The topological polar surface area (TPSA) is 77.0 Å². The van der Waals surface area contributed by atoms with Gasteiger partial charge >= 0.3 is 5.69 Å². The summed E-state index contributed by atoms with van der Waals surface area (Å²) in [7, 11) is 0. The van der Waals surface area contributed by atoms with Gasteiger partial charge in [0.1, 0.15) is 5.75 Å². The third kappa shape index (κ3) is 3.15. The number of aromatic nitrogens is 3. The maximum atomic E-state index is 12.5. The van der Waals surface area contributed by atoms with E-state index in [0.717, 1.165) is 20.9 Å². The number of halogens is 2. The number of carbonyl (C=O) groups excluding carboxylic acids is 1. The van der Waals surface area contributed by atoms with Crippen molar-refractivity contribution in [3.8, 4) is 32.6 Å². The smallest absolute Gasteiger partial charge is 0.348 e. The van der Waals surface area contributed by atoms with Crippen LogP contribution in [0, 0.1) is 0 Å². The number of ether oxygens (including phenoxy) is 1. The van der Waals surface area contributed by atoms with Gasteiger partial charge in [0.15, 0.2) is 5.82 Å². The van der Waals surface area contributed by atoms with Crippen LogP contribution in [0.2, 0.25) is 5.02 Å². The number of rotatable bonds is 3. The predicted molar refractivity (Wildman–Crippen MR) is 117 cm³/mol. The van der Waals surface area contributed by atoms with Crippen LogP contribution < -0.4 is 10.4 Å². The van der Waals surface area contributed by atoms with Crippen molar-refractivity contribution in [2.45, 2.75) is 6.42 Å². The normalized spacial score (nSPS) is 12.6. The minimum absolute atomic E-state index is 0.365. The largest absolute Gasteiger partial charge is 0.493 e. The number of aromatic amines is 1. The summed E-state index contributed by atoms with van der Waals surface area (Å²) in [5, 5.41) is 6.70. The second-order valence-electron chi connectivity index (χ2n) is 6.69. The highest BCUT2D eigenvalue weighted by Crippen LogP contribution is 2.44. The maximum Gasteiger partial charge on any atom is 0.348 e. The molecule has 0 radical (unpaired) electrons. The number of carbonyl (C=O) groups is 1. The SMILES string of the molecule is O=C(Cl)c1ccc2c(c1)OCCc1cc(-c3n[nH]c(=O)n3-c3ccccc3Cl)sc1-2.